The van der Waals surface area contributed by atoms with E-state index in [4.69, 9.17) is 14.2 Å². The van der Waals surface area contributed by atoms with Crippen molar-refractivity contribution >= 4 is 17.7 Å². The average Bonchev–Trinajstić information content (AvgIpc) is 3.20. The van der Waals surface area contributed by atoms with Gasteiger partial charge in [-0.2, -0.15) is 0 Å². The zero-order valence-electron chi connectivity index (χ0n) is 20.3. The molecule has 1 aromatic carbocycles. The van der Waals surface area contributed by atoms with Gasteiger partial charge in [0.25, 0.3) is 0 Å². The van der Waals surface area contributed by atoms with Gasteiger partial charge in [0.2, 0.25) is 0 Å². The zero-order valence-corrected chi connectivity index (χ0v) is 20.3. The predicted octanol–water partition coefficient (Wildman–Crippen LogP) is 2.75. The van der Waals surface area contributed by atoms with Gasteiger partial charge in [-0.05, 0) is 40.5 Å². The molecule has 0 bridgehead atoms. The third kappa shape index (κ3) is 8.72. The van der Waals surface area contributed by atoms with Gasteiger partial charge in [0.05, 0.1) is 14.2 Å². The third-order valence-electron chi connectivity index (χ3n) is 4.85. The Hall–Kier alpha value is -2.84. The Morgan fingerprint density at radius 3 is 2.44 bits per heavy atom. The van der Waals surface area contributed by atoms with E-state index in [1.54, 1.807) is 14.2 Å². The van der Waals surface area contributed by atoms with Crippen LogP contribution in [0.25, 0.3) is 0 Å². The van der Waals surface area contributed by atoms with Crippen molar-refractivity contribution < 1.29 is 19.0 Å². The van der Waals surface area contributed by atoms with Crippen molar-refractivity contribution in [2.45, 2.75) is 52.2 Å². The maximum absolute atomic E-state index is 11.7. The van der Waals surface area contributed by atoms with E-state index in [9.17, 15) is 4.79 Å². The number of carbonyl (C=O) groups excluding carboxylic acids is 1. The standard InChI is InChI=1S/C23H39N5O4/c1-7-24-21(25-10-8-11-26-22(29)32-23(2,3)4)27-17-9-12-28(16-17)18-13-19(30-5)15-20(14-18)31-6/h13-15,17H,7-12,16H2,1-6H3,(H,26,29)(H2,24,25,27). The predicted molar refractivity (Wildman–Crippen MR) is 128 cm³/mol. The molecule has 0 saturated carbocycles. The number of hydrogen-bond acceptors (Lipinski definition) is 6. The number of alkyl carbamates (subject to hydrolysis) is 1. The second kappa shape index (κ2) is 12.3. The van der Waals surface area contributed by atoms with Crippen LogP contribution in [0.5, 0.6) is 11.5 Å². The minimum absolute atomic E-state index is 0.282. The molecule has 1 heterocycles. The summed E-state index contributed by atoms with van der Waals surface area (Å²) in [5.74, 6) is 2.36. The van der Waals surface area contributed by atoms with Crippen LogP contribution in [0.1, 0.15) is 40.5 Å². The van der Waals surface area contributed by atoms with Crippen molar-refractivity contribution in [3.05, 3.63) is 18.2 Å². The number of nitrogens with zero attached hydrogens (tertiary/aromatic N) is 2. The van der Waals surface area contributed by atoms with E-state index in [0.29, 0.717) is 13.1 Å². The molecule has 1 aliphatic heterocycles. The van der Waals surface area contributed by atoms with Crippen LogP contribution in [0.2, 0.25) is 0 Å². The summed E-state index contributed by atoms with van der Waals surface area (Å²) >= 11 is 0. The van der Waals surface area contributed by atoms with Crippen molar-refractivity contribution in [3.63, 3.8) is 0 Å². The molecular formula is C23H39N5O4. The van der Waals surface area contributed by atoms with Crippen LogP contribution < -0.4 is 30.3 Å². The Kier molecular flexibility index (Phi) is 9.74. The first kappa shape index (κ1) is 25.4. The lowest BCUT2D eigenvalue weighted by atomic mass is 10.2. The van der Waals surface area contributed by atoms with Gasteiger partial charge in [0.1, 0.15) is 17.1 Å². The van der Waals surface area contributed by atoms with E-state index in [-0.39, 0.29) is 6.04 Å². The number of rotatable bonds is 9. The second-order valence-electron chi connectivity index (χ2n) is 8.69. The van der Waals surface area contributed by atoms with Crippen LogP contribution >= 0.6 is 0 Å². The van der Waals surface area contributed by atoms with E-state index in [1.165, 1.54) is 0 Å². The van der Waals surface area contributed by atoms with E-state index in [2.05, 4.69) is 25.8 Å². The Bertz CT molecular complexity index is 741. The molecule has 0 aromatic heterocycles. The van der Waals surface area contributed by atoms with Gasteiger partial charge in [0.15, 0.2) is 5.96 Å². The van der Waals surface area contributed by atoms with Gasteiger partial charge in [0, 0.05) is 62.7 Å². The Morgan fingerprint density at radius 1 is 1.16 bits per heavy atom. The fraction of sp³-hybridized carbons (Fsp3) is 0.652. The lowest BCUT2D eigenvalue weighted by Gasteiger charge is -2.21. The third-order valence-corrected chi connectivity index (χ3v) is 4.85. The fourth-order valence-electron chi connectivity index (χ4n) is 3.38. The minimum atomic E-state index is -0.491. The molecule has 1 amide bonds. The summed E-state index contributed by atoms with van der Waals surface area (Å²) < 4.78 is 16.0. The minimum Gasteiger partial charge on any atom is -0.497 e. The number of hydrogen-bond donors (Lipinski definition) is 3. The Morgan fingerprint density at radius 2 is 1.84 bits per heavy atom. The van der Waals surface area contributed by atoms with Crippen molar-refractivity contribution in [1.29, 1.82) is 0 Å². The number of methoxy groups -OCH3 is 2. The number of guanidine groups is 1. The van der Waals surface area contributed by atoms with Crippen molar-refractivity contribution in [3.8, 4) is 11.5 Å². The summed E-state index contributed by atoms with van der Waals surface area (Å²) in [5, 5.41) is 9.59. The molecule has 1 fully saturated rings. The zero-order chi connectivity index (χ0) is 23.6. The van der Waals surface area contributed by atoms with Gasteiger partial charge in [-0.25, -0.2) is 4.79 Å². The highest BCUT2D eigenvalue weighted by atomic mass is 16.6. The molecule has 9 nitrogen and oxygen atoms in total. The molecule has 0 spiro atoms. The molecule has 1 aromatic rings. The summed E-state index contributed by atoms with van der Waals surface area (Å²) in [6.45, 7) is 11.3. The number of ether oxygens (including phenoxy) is 3. The van der Waals surface area contributed by atoms with E-state index in [0.717, 1.165) is 55.6 Å². The number of benzene rings is 1. The first-order chi connectivity index (χ1) is 15.2. The number of carbonyl (C=O) groups is 1. The van der Waals surface area contributed by atoms with Crippen LogP contribution in [-0.2, 0) is 4.74 Å². The van der Waals surface area contributed by atoms with Gasteiger partial charge in [-0.15, -0.1) is 0 Å². The molecule has 2 rings (SSSR count). The van der Waals surface area contributed by atoms with E-state index in [1.807, 2.05) is 45.9 Å². The Labute approximate surface area is 191 Å². The van der Waals surface area contributed by atoms with Crippen LogP contribution in [0.15, 0.2) is 23.2 Å². The van der Waals surface area contributed by atoms with Crippen molar-refractivity contribution in [2.24, 2.45) is 4.99 Å². The van der Waals surface area contributed by atoms with E-state index < -0.39 is 11.7 Å². The van der Waals surface area contributed by atoms with Gasteiger partial charge < -0.3 is 35.1 Å². The van der Waals surface area contributed by atoms with E-state index >= 15 is 0 Å². The maximum Gasteiger partial charge on any atom is 0.407 e. The summed E-state index contributed by atoms with van der Waals surface area (Å²) in [6, 6.07) is 6.22. The number of amides is 1. The molecule has 32 heavy (non-hydrogen) atoms. The van der Waals surface area contributed by atoms with Crippen LogP contribution in [-0.4, -0.2) is 70.6 Å². The quantitative estimate of drug-likeness (QED) is 0.303. The normalized spacial score (nSPS) is 16.5. The molecule has 0 radical (unpaired) electrons. The van der Waals surface area contributed by atoms with Gasteiger partial charge in [-0.1, -0.05) is 0 Å². The number of nitrogens with one attached hydrogen (secondary N) is 3. The van der Waals surface area contributed by atoms with Gasteiger partial charge >= 0.3 is 6.09 Å². The first-order valence-corrected chi connectivity index (χ1v) is 11.2. The highest BCUT2D eigenvalue weighted by Crippen LogP contribution is 2.30. The van der Waals surface area contributed by atoms with Crippen LogP contribution in [0.3, 0.4) is 0 Å². The van der Waals surface area contributed by atoms with Crippen LogP contribution in [0.4, 0.5) is 10.5 Å². The summed E-state index contributed by atoms with van der Waals surface area (Å²) in [4.78, 5) is 18.7. The SMILES string of the molecule is CCNC(=NCCCNC(=O)OC(C)(C)C)NC1CCN(c2cc(OC)cc(OC)c2)C1. The smallest absolute Gasteiger partial charge is 0.407 e. The highest BCUT2D eigenvalue weighted by Gasteiger charge is 2.24. The molecule has 3 N–H and O–H groups in total. The van der Waals surface area contributed by atoms with Crippen LogP contribution in [0, 0.1) is 0 Å². The maximum atomic E-state index is 11.7. The number of anilines is 1. The molecule has 1 unspecified atom stereocenters. The lowest BCUT2D eigenvalue weighted by molar-refractivity contribution is 0.0527. The molecular weight excluding hydrogens is 410 g/mol. The second-order valence-corrected chi connectivity index (χ2v) is 8.69. The molecule has 1 aliphatic rings. The summed E-state index contributed by atoms with van der Waals surface area (Å²) in [5.41, 5.74) is 0.593. The van der Waals surface area contributed by atoms with Crippen molar-refractivity contribution in [1.82, 2.24) is 16.0 Å². The van der Waals surface area contributed by atoms with Gasteiger partial charge in [-0.3, -0.25) is 4.99 Å². The summed E-state index contributed by atoms with van der Waals surface area (Å²) in [7, 11) is 3.32. The molecule has 180 valence electrons. The largest absolute Gasteiger partial charge is 0.497 e. The highest BCUT2D eigenvalue weighted by molar-refractivity contribution is 5.80. The Balaban J connectivity index is 1.83. The molecule has 1 saturated heterocycles. The topological polar surface area (TPSA) is 96.5 Å². The fourth-order valence-corrected chi connectivity index (χ4v) is 3.38. The molecule has 9 heteroatoms. The molecule has 1 atom stereocenters. The average molecular weight is 450 g/mol. The lowest BCUT2D eigenvalue weighted by Crippen LogP contribution is -2.44. The first-order valence-electron chi connectivity index (χ1n) is 11.2. The number of aliphatic imine (C=N–C) groups is 1. The van der Waals surface area contributed by atoms with Crippen molar-refractivity contribution in [2.75, 3.05) is 51.8 Å². The monoisotopic (exact) mass is 449 g/mol. The summed E-state index contributed by atoms with van der Waals surface area (Å²) in [6.07, 6.45) is 1.34. The molecule has 0 aliphatic carbocycles.